The van der Waals surface area contributed by atoms with E-state index in [9.17, 15) is 33.5 Å². The minimum Gasteiger partial charge on any atom is -0.508 e. The summed E-state index contributed by atoms with van der Waals surface area (Å²) in [7, 11) is 1.42. The maximum absolute atomic E-state index is 14.4. The minimum atomic E-state index is -2.17. The van der Waals surface area contributed by atoms with Crippen molar-refractivity contribution in [3.63, 3.8) is 0 Å². The first-order valence-electron chi connectivity index (χ1n) is 15.0. The van der Waals surface area contributed by atoms with Crippen LogP contribution in [-0.4, -0.2) is 68.1 Å². The number of aliphatic carboxylic acids is 1. The first-order valence-corrected chi connectivity index (χ1v) is 15.8. The highest BCUT2D eigenvalue weighted by atomic mass is 35.5. The Hall–Kier alpha value is -3.96. The zero-order valence-corrected chi connectivity index (χ0v) is 26.3. The standard InChI is InChI=1S/C33H31Cl2FN2O8/c1-46-19-10-11-21(24(39)15-19)27-20-12-13-22-26(29(43)37(28(22)42)14-4-2-3-5-25(40)41)23(20)16-32(34)30(44)38(31(45)33(27,32)35)18-8-6-17(36)7-9-18/h6-12,15,22-23,26-27,39H,2-5,13-14,16H2,1H3,(H,40,41)/t22-,23+,26-,27+,32+,33-/m0/s1. The summed E-state index contributed by atoms with van der Waals surface area (Å²) in [5.41, 5.74) is 0.753. The number of halogens is 3. The molecule has 0 spiro atoms. The molecule has 0 radical (unpaired) electrons. The van der Waals surface area contributed by atoms with Gasteiger partial charge < -0.3 is 14.9 Å². The highest BCUT2D eigenvalue weighted by molar-refractivity contribution is 6.58. The third-order valence-corrected chi connectivity index (χ3v) is 11.2. The lowest BCUT2D eigenvalue weighted by Gasteiger charge is -2.50. The number of nitrogens with zero attached hydrogens (tertiary/aromatic N) is 2. The van der Waals surface area contributed by atoms with E-state index in [4.69, 9.17) is 33.0 Å². The number of anilines is 1. The second-order valence-electron chi connectivity index (χ2n) is 12.2. The van der Waals surface area contributed by atoms with Gasteiger partial charge in [0.2, 0.25) is 11.8 Å². The second-order valence-corrected chi connectivity index (χ2v) is 13.4. The van der Waals surface area contributed by atoms with Crippen LogP contribution in [0.3, 0.4) is 0 Å². The number of hydrogen-bond donors (Lipinski definition) is 2. The molecule has 6 rings (SSSR count). The van der Waals surface area contributed by atoms with E-state index in [0.29, 0.717) is 30.6 Å². The molecule has 2 aliphatic carbocycles. The van der Waals surface area contributed by atoms with E-state index in [1.54, 1.807) is 12.1 Å². The molecular weight excluding hydrogens is 642 g/mol. The number of methoxy groups -OCH3 is 1. The number of carboxylic acids is 1. The number of hydrogen-bond acceptors (Lipinski definition) is 7. The summed E-state index contributed by atoms with van der Waals surface area (Å²) in [5, 5.41) is 20.1. The van der Waals surface area contributed by atoms with Crippen LogP contribution < -0.4 is 9.64 Å². The van der Waals surface area contributed by atoms with Gasteiger partial charge in [0.05, 0.1) is 24.6 Å². The quantitative estimate of drug-likeness (QED) is 0.168. The highest BCUT2D eigenvalue weighted by Gasteiger charge is 2.76. The molecule has 3 fully saturated rings. The van der Waals surface area contributed by atoms with E-state index in [1.165, 1.54) is 36.3 Å². The first-order chi connectivity index (χ1) is 21.8. The fourth-order valence-electron chi connectivity index (χ4n) is 7.65. The van der Waals surface area contributed by atoms with Crippen LogP contribution in [0.4, 0.5) is 10.1 Å². The second kappa shape index (κ2) is 11.7. The van der Waals surface area contributed by atoms with Crippen molar-refractivity contribution in [2.75, 3.05) is 18.6 Å². The molecule has 2 aromatic rings. The van der Waals surface area contributed by atoms with Crippen LogP contribution in [0.2, 0.25) is 0 Å². The molecular formula is C33H31Cl2FN2O8. The van der Waals surface area contributed by atoms with Gasteiger partial charge in [-0.25, -0.2) is 9.29 Å². The molecule has 4 amide bonds. The summed E-state index contributed by atoms with van der Waals surface area (Å²) in [6, 6.07) is 9.15. The molecule has 0 aromatic heterocycles. The number of rotatable bonds is 9. The van der Waals surface area contributed by atoms with Crippen molar-refractivity contribution < 1.29 is 43.3 Å². The molecule has 6 atom stereocenters. The summed E-state index contributed by atoms with van der Waals surface area (Å²) >= 11 is 14.6. The number of phenolic OH excluding ortho intramolecular Hbond substituents is 1. The average molecular weight is 674 g/mol. The van der Waals surface area contributed by atoms with Crippen molar-refractivity contribution in [1.82, 2.24) is 4.90 Å². The summed E-state index contributed by atoms with van der Waals surface area (Å²) in [4.78, 5) is 64.7. The largest absolute Gasteiger partial charge is 0.508 e. The SMILES string of the molecule is COc1ccc([C@H]2C3=CC[C@@H]4C(=O)N(CCCCCC(=O)O)C(=O)[C@@H]4[C@@H]3C[C@@]3(Cl)C(=O)N(c4ccc(F)cc4)C(=O)[C@@]23Cl)c(O)c1. The van der Waals surface area contributed by atoms with Gasteiger partial charge in [-0.05, 0) is 61.9 Å². The molecule has 2 aromatic carbocycles. The van der Waals surface area contributed by atoms with Gasteiger partial charge in [0.1, 0.15) is 17.3 Å². The van der Waals surface area contributed by atoms with Crippen LogP contribution in [0.25, 0.3) is 0 Å². The predicted octanol–water partition coefficient (Wildman–Crippen LogP) is 4.75. The number of likely N-dealkylation sites (tertiary alicyclic amines) is 1. The molecule has 242 valence electrons. The van der Waals surface area contributed by atoms with Crippen molar-refractivity contribution in [2.24, 2.45) is 17.8 Å². The zero-order chi connectivity index (χ0) is 33.1. The topological polar surface area (TPSA) is 142 Å². The smallest absolute Gasteiger partial charge is 0.303 e. The van der Waals surface area contributed by atoms with Crippen LogP contribution in [-0.2, 0) is 24.0 Å². The molecule has 13 heteroatoms. The van der Waals surface area contributed by atoms with Gasteiger partial charge in [-0.15, -0.1) is 23.2 Å². The molecule has 2 aliphatic heterocycles. The number of aromatic hydroxyl groups is 1. The normalized spacial score (nSPS) is 30.2. The lowest BCUT2D eigenvalue weighted by atomic mass is 9.56. The molecule has 0 unspecified atom stereocenters. The van der Waals surface area contributed by atoms with E-state index < -0.39 is 62.9 Å². The number of imide groups is 2. The van der Waals surface area contributed by atoms with Crippen LogP contribution >= 0.6 is 23.2 Å². The van der Waals surface area contributed by atoms with E-state index in [0.717, 1.165) is 17.0 Å². The predicted molar refractivity (Wildman–Crippen MR) is 164 cm³/mol. The lowest BCUT2D eigenvalue weighted by Crippen LogP contribution is -2.60. The van der Waals surface area contributed by atoms with Crippen LogP contribution in [0.15, 0.2) is 54.1 Å². The van der Waals surface area contributed by atoms with Gasteiger partial charge >= 0.3 is 5.97 Å². The van der Waals surface area contributed by atoms with E-state index in [2.05, 4.69) is 0 Å². The number of unbranched alkanes of at least 4 members (excludes halogenated alkanes) is 2. The molecule has 1 saturated carbocycles. The number of fused-ring (bicyclic) bond motifs is 4. The maximum Gasteiger partial charge on any atom is 0.303 e. The molecule has 2 heterocycles. The average Bonchev–Trinajstić information content (AvgIpc) is 3.35. The Balaban J connectivity index is 1.43. The molecule has 4 aliphatic rings. The number of alkyl halides is 2. The Labute approximate surface area is 273 Å². The summed E-state index contributed by atoms with van der Waals surface area (Å²) in [6.07, 6.45) is 3.03. The summed E-state index contributed by atoms with van der Waals surface area (Å²) in [5.74, 6) is -7.56. The Morgan fingerprint density at radius 3 is 2.37 bits per heavy atom. The van der Waals surface area contributed by atoms with Crippen molar-refractivity contribution in [2.45, 2.75) is 54.2 Å². The van der Waals surface area contributed by atoms with E-state index >= 15 is 0 Å². The van der Waals surface area contributed by atoms with Gasteiger partial charge in [-0.3, -0.25) is 28.9 Å². The number of ether oxygens (including phenoxy) is 1. The van der Waals surface area contributed by atoms with E-state index in [-0.39, 0.29) is 48.7 Å². The van der Waals surface area contributed by atoms with Crippen molar-refractivity contribution in [3.8, 4) is 11.5 Å². The number of allylic oxidation sites excluding steroid dienone is 2. The fourth-order valence-corrected chi connectivity index (χ4v) is 8.57. The molecule has 0 bridgehead atoms. The van der Waals surface area contributed by atoms with Crippen molar-refractivity contribution in [1.29, 1.82) is 0 Å². The Bertz CT molecular complexity index is 1680. The first kappa shape index (κ1) is 32.0. The summed E-state index contributed by atoms with van der Waals surface area (Å²) < 4.78 is 19.0. The van der Waals surface area contributed by atoms with Crippen LogP contribution in [0.1, 0.15) is 50.0 Å². The fraction of sp³-hybridized carbons (Fsp3) is 0.424. The number of benzene rings is 2. The zero-order valence-electron chi connectivity index (χ0n) is 24.8. The van der Waals surface area contributed by atoms with Gasteiger partial charge in [-0.2, -0.15) is 0 Å². The Morgan fingerprint density at radius 1 is 1.00 bits per heavy atom. The number of amides is 4. The van der Waals surface area contributed by atoms with Crippen LogP contribution in [0.5, 0.6) is 11.5 Å². The lowest BCUT2D eigenvalue weighted by molar-refractivity contribution is -0.141. The van der Waals surface area contributed by atoms with Crippen molar-refractivity contribution in [3.05, 3.63) is 65.5 Å². The van der Waals surface area contributed by atoms with E-state index in [1.807, 2.05) is 0 Å². The van der Waals surface area contributed by atoms with Gasteiger partial charge in [0.25, 0.3) is 11.8 Å². The highest BCUT2D eigenvalue weighted by Crippen LogP contribution is 2.66. The van der Waals surface area contributed by atoms with Crippen molar-refractivity contribution >= 4 is 58.5 Å². The maximum atomic E-state index is 14.4. The molecule has 2 N–H and O–H groups in total. The number of carbonyl (C=O) groups is 5. The number of carbonyl (C=O) groups excluding carboxylic acids is 4. The van der Waals surface area contributed by atoms with Crippen LogP contribution in [0, 0.1) is 23.6 Å². The molecule has 46 heavy (non-hydrogen) atoms. The Morgan fingerprint density at radius 2 is 1.72 bits per heavy atom. The summed E-state index contributed by atoms with van der Waals surface area (Å²) in [6.45, 7) is 0.121. The van der Waals surface area contributed by atoms with Gasteiger partial charge in [0, 0.05) is 30.5 Å². The number of carboxylic acid groups (broad SMARTS) is 1. The third kappa shape index (κ3) is 4.69. The number of phenols is 1. The Kier molecular flexibility index (Phi) is 8.13. The molecule has 10 nitrogen and oxygen atoms in total. The van der Waals surface area contributed by atoms with Gasteiger partial charge in [0.15, 0.2) is 9.75 Å². The minimum absolute atomic E-state index is 0.0121. The monoisotopic (exact) mass is 672 g/mol. The molecule has 2 saturated heterocycles. The third-order valence-electron chi connectivity index (χ3n) is 9.81. The van der Waals surface area contributed by atoms with Gasteiger partial charge in [-0.1, -0.05) is 24.1 Å².